The number of amides is 1. The lowest BCUT2D eigenvalue weighted by molar-refractivity contribution is -0.282. The lowest BCUT2D eigenvalue weighted by atomic mass is 9.71. The highest BCUT2D eigenvalue weighted by Crippen LogP contribution is 2.54. The van der Waals surface area contributed by atoms with Crippen molar-refractivity contribution in [2.45, 2.75) is 125 Å². The van der Waals surface area contributed by atoms with Crippen molar-refractivity contribution >= 4 is 79.0 Å². The number of nitrogens with one attached hydrogen (secondary N) is 2. The largest absolute Gasteiger partial charge is 0.507 e. The Labute approximate surface area is 553 Å². The van der Waals surface area contributed by atoms with Crippen molar-refractivity contribution in [3.63, 3.8) is 0 Å². The minimum absolute atomic E-state index is 0.0365. The molecule has 0 bridgehead atoms. The molecule has 8 N–H and O–H groups in total. The van der Waals surface area contributed by atoms with Crippen LogP contribution < -0.4 is 21.3 Å². The molecular formula is C75H74N3O12S3+. The second-order valence-corrected chi connectivity index (χ2v) is 27.6. The molecule has 6 aliphatic rings. The first kappa shape index (κ1) is 64.2. The fourth-order valence-corrected chi connectivity index (χ4v) is 17.0. The lowest BCUT2D eigenvalue weighted by Crippen LogP contribution is -2.61. The average molecular weight is 1310 g/mol. The number of phenols is 2. The van der Waals surface area contributed by atoms with Crippen LogP contribution in [0.5, 0.6) is 17.2 Å². The number of phenolic OH excluding ortho intramolecular Hbond substituents is 2. The minimum Gasteiger partial charge on any atom is -0.507 e. The highest BCUT2D eigenvalue weighted by molar-refractivity contribution is 8.08. The lowest BCUT2D eigenvalue weighted by Gasteiger charge is -2.46. The van der Waals surface area contributed by atoms with Gasteiger partial charge in [-0.25, -0.2) is 5.43 Å². The van der Waals surface area contributed by atoms with E-state index in [9.17, 15) is 34.8 Å². The second-order valence-electron chi connectivity index (χ2n) is 24.3. The number of rotatable bonds is 18. The maximum absolute atomic E-state index is 14.5. The molecule has 0 spiro atoms. The van der Waals surface area contributed by atoms with E-state index >= 15 is 0 Å². The van der Waals surface area contributed by atoms with Crippen LogP contribution in [0.2, 0.25) is 0 Å². The molecule has 18 heteroatoms. The Kier molecular flexibility index (Phi) is 19.4. The molecule has 2 saturated heterocycles. The first-order chi connectivity index (χ1) is 45.3. The number of carbonyl (C=O) groups is 3. The number of carbonyl (C=O) groups excluding carboxylic acids is 3. The molecule has 93 heavy (non-hydrogen) atoms. The molecular weight excluding hydrogens is 1230 g/mol. The van der Waals surface area contributed by atoms with E-state index in [1.807, 2.05) is 12.1 Å². The highest BCUT2D eigenvalue weighted by atomic mass is 32.2. The molecule has 1 amide bonds. The number of thioether (sulfide) groups is 2. The third-order valence-electron chi connectivity index (χ3n) is 18.3. The summed E-state index contributed by atoms with van der Waals surface area (Å²) in [6.45, 7) is 1.65. The molecule has 3 aliphatic carbocycles. The monoisotopic (exact) mass is 1300 g/mol. The molecule has 2 fully saturated rings. The van der Waals surface area contributed by atoms with Crippen LogP contribution in [0, 0.1) is 0 Å². The molecule has 7 aromatic rings. The first-order valence-electron chi connectivity index (χ1n) is 31.8. The van der Waals surface area contributed by atoms with Crippen molar-refractivity contribution in [1.29, 1.82) is 0 Å². The van der Waals surface area contributed by atoms with Crippen molar-refractivity contribution in [2.24, 2.45) is 5.73 Å². The summed E-state index contributed by atoms with van der Waals surface area (Å²) in [4.78, 5) is 47.7. The molecule has 6 aromatic carbocycles. The van der Waals surface area contributed by atoms with Crippen LogP contribution in [-0.4, -0.2) is 106 Å². The number of methoxy groups -OCH3 is 1. The number of fused-ring (bicyclic) bond motifs is 5. The van der Waals surface area contributed by atoms with E-state index in [1.165, 1.54) is 28.8 Å². The minimum atomic E-state index is -2.05. The third-order valence-corrected chi connectivity index (χ3v) is 21.8. The summed E-state index contributed by atoms with van der Waals surface area (Å²) in [5.74, 6) is -2.71. The molecule has 478 valence electrons. The van der Waals surface area contributed by atoms with Crippen LogP contribution in [-0.2, 0) is 30.2 Å². The van der Waals surface area contributed by atoms with Gasteiger partial charge in [0.2, 0.25) is 32.6 Å². The van der Waals surface area contributed by atoms with E-state index in [-0.39, 0.29) is 47.3 Å². The van der Waals surface area contributed by atoms with Crippen LogP contribution >= 0.6 is 34.9 Å². The maximum atomic E-state index is 14.5. The predicted octanol–water partition coefficient (Wildman–Crippen LogP) is 13.6. The third kappa shape index (κ3) is 13.3. The van der Waals surface area contributed by atoms with Crippen LogP contribution in [0.1, 0.15) is 130 Å². The number of aromatic hydroxyl groups is 2. The SMILES string of the molecule is COc1cccc2c1C(=O)c1c(O)c3c(c(O)c1C2=O)CC(O)(C(CO)NNC(=O)CCSC1=C(/C=C/c2cc(-c4ccccc4)[s+]c4ccccc24)CCC/C1=C\C=C1\C=C(c2ccccc2)Sc2ccccc21)CC3OC1CC(N)C(OC2CCCCO2)C(C)O1. The summed E-state index contributed by atoms with van der Waals surface area (Å²) in [7, 11) is 1.36. The fourth-order valence-electron chi connectivity index (χ4n) is 13.6. The normalized spacial score (nSPS) is 24.1. The van der Waals surface area contributed by atoms with Gasteiger partial charge in [0.05, 0.1) is 54.3 Å². The van der Waals surface area contributed by atoms with Gasteiger partial charge in [-0.3, -0.25) is 19.8 Å². The Hall–Kier alpha value is -7.56. The fraction of sp³-hybridized carbons (Fsp3) is 0.307. The molecule has 0 saturated carbocycles. The highest BCUT2D eigenvalue weighted by Gasteiger charge is 2.51. The van der Waals surface area contributed by atoms with Crippen molar-refractivity contribution in [3.8, 4) is 27.7 Å². The summed E-state index contributed by atoms with van der Waals surface area (Å²) in [5.41, 5.74) is 17.2. The van der Waals surface area contributed by atoms with E-state index in [4.69, 9.17) is 29.4 Å². The number of ketones is 2. The van der Waals surface area contributed by atoms with Gasteiger partial charge in [0.25, 0.3) is 0 Å². The van der Waals surface area contributed by atoms with Gasteiger partial charge in [0.15, 0.2) is 18.4 Å². The molecule has 8 unspecified atom stereocenters. The summed E-state index contributed by atoms with van der Waals surface area (Å²) in [5, 5.41) is 50.1. The van der Waals surface area contributed by atoms with Gasteiger partial charge >= 0.3 is 0 Å². The van der Waals surface area contributed by atoms with Crippen LogP contribution in [0.25, 0.3) is 37.1 Å². The Bertz CT molecular complexity index is 4170. The predicted molar refractivity (Wildman–Crippen MR) is 366 cm³/mol. The molecule has 1 aromatic heterocycles. The topological polar surface area (TPSA) is 228 Å². The second kappa shape index (κ2) is 28.2. The van der Waals surface area contributed by atoms with E-state index in [1.54, 1.807) is 47.9 Å². The maximum Gasteiger partial charge on any atom is 0.239 e. The average Bonchev–Trinajstić information content (AvgIpc) is 0.714. The van der Waals surface area contributed by atoms with E-state index in [0.29, 0.717) is 18.8 Å². The Balaban J connectivity index is 0.780. The summed E-state index contributed by atoms with van der Waals surface area (Å²) in [6, 6.07) is 42.7. The number of aliphatic hydroxyl groups is 2. The van der Waals surface area contributed by atoms with Crippen molar-refractivity contribution in [1.82, 2.24) is 10.9 Å². The van der Waals surface area contributed by atoms with Crippen LogP contribution in [0.15, 0.2) is 179 Å². The summed E-state index contributed by atoms with van der Waals surface area (Å²) in [6.07, 6.45) is 11.7. The number of benzene rings is 6. The molecule has 4 heterocycles. The van der Waals surface area contributed by atoms with Crippen LogP contribution in [0.4, 0.5) is 0 Å². The van der Waals surface area contributed by atoms with Gasteiger partial charge in [0.1, 0.15) is 23.4 Å². The zero-order valence-electron chi connectivity index (χ0n) is 51.7. The number of hydrogen-bond acceptors (Lipinski definition) is 16. The van der Waals surface area contributed by atoms with Crippen molar-refractivity contribution in [3.05, 3.63) is 224 Å². The molecule has 0 radical (unpaired) electrons. The van der Waals surface area contributed by atoms with E-state index in [2.05, 4.69) is 144 Å². The number of allylic oxidation sites excluding steroid dienone is 7. The number of hydrogen-bond donors (Lipinski definition) is 7. The Morgan fingerprint density at radius 2 is 1.59 bits per heavy atom. The number of aliphatic hydroxyl groups excluding tert-OH is 1. The van der Waals surface area contributed by atoms with E-state index < -0.39 is 102 Å². The van der Waals surface area contributed by atoms with Gasteiger partial charge in [-0.05, 0) is 115 Å². The van der Waals surface area contributed by atoms with Crippen molar-refractivity contribution in [2.75, 3.05) is 26.1 Å². The van der Waals surface area contributed by atoms with Gasteiger partial charge < -0.3 is 49.8 Å². The molecule has 15 nitrogen and oxygen atoms in total. The van der Waals surface area contributed by atoms with Crippen LogP contribution in [0.3, 0.4) is 0 Å². The van der Waals surface area contributed by atoms with Gasteiger partial charge in [-0.2, -0.15) is 0 Å². The molecule has 3 aliphatic heterocycles. The summed E-state index contributed by atoms with van der Waals surface area (Å²) < 4.78 is 32.0. The molecule has 13 rings (SSSR count). The van der Waals surface area contributed by atoms with Gasteiger partial charge in [0, 0.05) is 98.6 Å². The number of ether oxygens (including phenoxy) is 5. The smallest absolute Gasteiger partial charge is 0.239 e. The Morgan fingerprint density at radius 3 is 2.37 bits per heavy atom. The van der Waals surface area contributed by atoms with Gasteiger partial charge in [-0.15, -0.1) is 11.8 Å². The summed E-state index contributed by atoms with van der Waals surface area (Å²) >= 11 is 5.14. The number of hydrazine groups is 1. The molecule has 8 atom stereocenters. The van der Waals surface area contributed by atoms with Crippen molar-refractivity contribution < 1.29 is 58.5 Å². The standard InChI is InChI=1S/C75H73N3O12S3/c1-43-73(90-63-29-13-14-35-87-63)54(76)39-64(88-43)89-56-41-75(85,40-53-66(56)72(84)68-67(70(53)82)69(81)52-25-16-26-55(86-2)65(52)71(68)83)61(42-79)77-78-62(80)34-36-91-74-46(30-32-48-37-59(44-17-5-3-6-18-44)92-57-27-11-9-23-50(48)57)21-15-22-47(74)31-33-49-38-60(45-19-7-4-8-20-45)93-58-28-12-10-24-51(49)58/h3-12,16-20,23-28,30-33,37-38,43,54,56,61,63-64,73,79,85H,13-15,21-22,29,34-36,39-42,76H2,1-2H3,(H3-,77,78,80,81,82,83,84)/p+1. The van der Waals surface area contributed by atoms with Gasteiger partial charge in [-0.1, -0.05) is 127 Å². The zero-order chi connectivity index (χ0) is 64.3. The van der Waals surface area contributed by atoms with E-state index in [0.717, 1.165) is 91.2 Å². The zero-order valence-corrected chi connectivity index (χ0v) is 54.1. The first-order valence-corrected chi connectivity index (χ1v) is 34.4. The quantitative estimate of drug-likeness (QED) is 0.0241. The number of nitrogens with two attached hydrogens (primary N) is 1. The Morgan fingerprint density at radius 1 is 0.839 bits per heavy atom.